The lowest BCUT2D eigenvalue weighted by Crippen LogP contribution is -1.89. The van der Waals surface area contributed by atoms with Crippen molar-refractivity contribution in [2.75, 3.05) is 13.9 Å². The molecule has 1 radical (unpaired) electrons. The van der Waals surface area contributed by atoms with Gasteiger partial charge in [0.2, 0.25) is 0 Å². The van der Waals surface area contributed by atoms with Crippen LogP contribution in [0.3, 0.4) is 0 Å². The minimum absolute atomic E-state index is 0.358. The van der Waals surface area contributed by atoms with Crippen LogP contribution in [0.15, 0.2) is 0 Å². The Balaban J connectivity index is 2.34. The summed E-state index contributed by atoms with van der Waals surface area (Å²) in [6, 6.07) is 0. The standard InChI is InChI=1S/C4H9O2/c1-3-6-4-5-2/h3H,4H2,1-2H3. The molecule has 0 unspecified atom stereocenters. The van der Waals surface area contributed by atoms with E-state index in [9.17, 15) is 0 Å². The third-order valence-corrected chi connectivity index (χ3v) is 0.353. The van der Waals surface area contributed by atoms with Crippen molar-refractivity contribution in [3.63, 3.8) is 0 Å². The van der Waals surface area contributed by atoms with Crippen molar-refractivity contribution in [3.8, 4) is 0 Å². The van der Waals surface area contributed by atoms with Crippen LogP contribution < -0.4 is 0 Å². The minimum atomic E-state index is 0.358. The zero-order valence-corrected chi connectivity index (χ0v) is 4.10. The molecule has 0 saturated heterocycles. The Morgan fingerprint density at radius 3 is 2.50 bits per heavy atom. The molecule has 0 aromatic carbocycles. The summed E-state index contributed by atoms with van der Waals surface area (Å²) in [5.41, 5.74) is 0. The molecule has 0 aliphatic rings. The van der Waals surface area contributed by atoms with Gasteiger partial charge in [-0.15, -0.1) is 0 Å². The van der Waals surface area contributed by atoms with E-state index in [1.807, 2.05) is 0 Å². The maximum absolute atomic E-state index is 4.64. The van der Waals surface area contributed by atoms with Gasteiger partial charge < -0.3 is 9.47 Å². The van der Waals surface area contributed by atoms with E-state index in [2.05, 4.69) is 9.47 Å². The first kappa shape index (κ1) is 5.92. The monoisotopic (exact) mass is 89.1 g/mol. The van der Waals surface area contributed by atoms with Crippen LogP contribution in [0.25, 0.3) is 0 Å². The second-order valence-electron chi connectivity index (χ2n) is 0.809. The fraction of sp³-hybridized carbons (Fsp3) is 0.750. The van der Waals surface area contributed by atoms with Gasteiger partial charge in [-0.05, 0) is 6.92 Å². The van der Waals surface area contributed by atoms with Crippen molar-refractivity contribution in [2.45, 2.75) is 6.92 Å². The lowest BCUT2D eigenvalue weighted by Gasteiger charge is -1.92. The van der Waals surface area contributed by atoms with E-state index >= 15 is 0 Å². The summed E-state index contributed by atoms with van der Waals surface area (Å²) in [6.07, 6.45) is 0. The smallest absolute Gasteiger partial charge is 0.146 e. The van der Waals surface area contributed by atoms with Gasteiger partial charge in [0.05, 0.1) is 6.61 Å². The zero-order chi connectivity index (χ0) is 4.83. The van der Waals surface area contributed by atoms with Crippen molar-refractivity contribution < 1.29 is 9.47 Å². The van der Waals surface area contributed by atoms with Gasteiger partial charge in [-0.25, -0.2) is 0 Å². The minimum Gasteiger partial charge on any atom is -0.359 e. The molecule has 2 heteroatoms. The predicted octanol–water partition coefficient (Wildman–Crippen LogP) is 0.789. The molecule has 37 valence electrons. The SMILES string of the molecule is C[CH]OCOC. The van der Waals surface area contributed by atoms with E-state index < -0.39 is 0 Å². The van der Waals surface area contributed by atoms with Gasteiger partial charge >= 0.3 is 0 Å². The van der Waals surface area contributed by atoms with Crippen LogP contribution in [-0.2, 0) is 9.47 Å². The van der Waals surface area contributed by atoms with Crippen LogP contribution >= 0.6 is 0 Å². The third-order valence-electron chi connectivity index (χ3n) is 0.353. The summed E-state index contributed by atoms with van der Waals surface area (Å²) in [5.74, 6) is 0. The number of methoxy groups -OCH3 is 1. The molecule has 0 aromatic heterocycles. The fourth-order valence-electron chi connectivity index (χ4n) is 0.136. The largest absolute Gasteiger partial charge is 0.359 e. The average Bonchev–Trinajstić information content (AvgIpc) is 1.61. The summed E-state index contributed by atoms with van der Waals surface area (Å²) in [4.78, 5) is 0. The molecular weight excluding hydrogens is 80.0 g/mol. The quantitative estimate of drug-likeness (QED) is 0.376. The van der Waals surface area contributed by atoms with E-state index in [1.54, 1.807) is 20.6 Å². The molecular formula is C4H9O2. The third kappa shape index (κ3) is 3.92. The summed E-state index contributed by atoms with van der Waals surface area (Å²) < 4.78 is 9.16. The van der Waals surface area contributed by atoms with Gasteiger partial charge in [-0.2, -0.15) is 0 Å². The van der Waals surface area contributed by atoms with E-state index in [4.69, 9.17) is 0 Å². The van der Waals surface area contributed by atoms with Gasteiger partial charge in [0.1, 0.15) is 6.79 Å². The summed E-state index contributed by atoms with van der Waals surface area (Å²) in [7, 11) is 1.59. The number of hydrogen-bond acceptors (Lipinski definition) is 2. The summed E-state index contributed by atoms with van der Waals surface area (Å²) in [5, 5.41) is 0. The molecule has 2 nitrogen and oxygen atoms in total. The van der Waals surface area contributed by atoms with E-state index in [-0.39, 0.29) is 0 Å². The Bertz CT molecular complexity index is 17.5. The second kappa shape index (κ2) is 4.92. The molecule has 0 heterocycles. The molecule has 0 amide bonds. The highest BCUT2D eigenvalue weighted by Gasteiger charge is 1.72. The lowest BCUT2D eigenvalue weighted by atomic mass is 10.9. The first-order valence-electron chi connectivity index (χ1n) is 1.80. The molecule has 0 fully saturated rings. The van der Waals surface area contributed by atoms with Crippen molar-refractivity contribution >= 4 is 0 Å². The first-order valence-corrected chi connectivity index (χ1v) is 1.80. The molecule has 0 aliphatic heterocycles. The molecule has 6 heavy (non-hydrogen) atoms. The molecule has 0 aromatic rings. The summed E-state index contributed by atoms with van der Waals surface area (Å²) >= 11 is 0. The van der Waals surface area contributed by atoms with Gasteiger partial charge in [0.15, 0.2) is 0 Å². The Morgan fingerprint density at radius 2 is 2.33 bits per heavy atom. The van der Waals surface area contributed by atoms with Crippen molar-refractivity contribution in [1.29, 1.82) is 0 Å². The van der Waals surface area contributed by atoms with Crippen LogP contribution in [0.5, 0.6) is 0 Å². The van der Waals surface area contributed by atoms with Gasteiger partial charge in [-0.3, -0.25) is 0 Å². The van der Waals surface area contributed by atoms with Crippen LogP contribution in [0.2, 0.25) is 0 Å². The zero-order valence-electron chi connectivity index (χ0n) is 4.10. The fourth-order valence-corrected chi connectivity index (χ4v) is 0.136. The molecule has 0 atom stereocenters. The maximum Gasteiger partial charge on any atom is 0.146 e. The highest BCUT2D eigenvalue weighted by Crippen LogP contribution is 1.75. The Hall–Kier alpha value is -0.0800. The van der Waals surface area contributed by atoms with Crippen LogP contribution in [0, 0.1) is 6.61 Å². The van der Waals surface area contributed by atoms with Crippen molar-refractivity contribution in [2.24, 2.45) is 0 Å². The van der Waals surface area contributed by atoms with E-state index in [0.29, 0.717) is 6.79 Å². The van der Waals surface area contributed by atoms with E-state index in [1.165, 1.54) is 0 Å². The first-order chi connectivity index (χ1) is 2.91. The maximum atomic E-state index is 4.64. The number of hydrogen-bond donors (Lipinski definition) is 0. The number of ether oxygens (including phenoxy) is 2. The van der Waals surface area contributed by atoms with Crippen LogP contribution in [0.1, 0.15) is 6.92 Å². The highest BCUT2D eigenvalue weighted by molar-refractivity contribution is 4.26. The number of rotatable bonds is 3. The Labute approximate surface area is 38.1 Å². The molecule has 0 saturated carbocycles. The van der Waals surface area contributed by atoms with Gasteiger partial charge in [-0.1, -0.05) is 0 Å². The molecule has 0 bridgehead atoms. The van der Waals surface area contributed by atoms with Crippen LogP contribution in [0.4, 0.5) is 0 Å². The highest BCUT2D eigenvalue weighted by atomic mass is 16.7. The van der Waals surface area contributed by atoms with Gasteiger partial charge in [0.25, 0.3) is 0 Å². The van der Waals surface area contributed by atoms with Crippen molar-refractivity contribution in [1.82, 2.24) is 0 Å². The van der Waals surface area contributed by atoms with Crippen molar-refractivity contribution in [3.05, 3.63) is 6.61 Å². The summed E-state index contributed by atoms with van der Waals surface area (Å²) in [6.45, 7) is 3.75. The predicted molar refractivity (Wildman–Crippen MR) is 22.9 cm³/mol. The second-order valence-corrected chi connectivity index (χ2v) is 0.809. The molecule has 0 spiro atoms. The topological polar surface area (TPSA) is 18.5 Å². The Kier molecular flexibility index (Phi) is 4.85. The molecule has 0 rings (SSSR count). The molecule has 0 N–H and O–H groups in total. The molecule has 0 aliphatic carbocycles. The normalized spacial score (nSPS) is 9.00. The average molecular weight is 89.1 g/mol. The van der Waals surface area contributed by atoms with Gasteiger partial charge in [0, 0.05) is 7.11 Å². The lowest BCUT2D eigenvalue weighted by molar-refractivity contribution is 0.00148. The van der Waals surface area contributed by atoms with E-state index in [0.717, 1.165) is 0 Å². The van der Waals surface area contributed by atoms with Crippen LogP contribution in [-0.4, -0.2) is 13.9 Å². The Morgan fingerprint density at radius 1 is 1.67 bits per heavy atom.